The number of amides is 3. The van der Waals surface area contributed by atoms with E-state index >= 15 is 0 Å². The van der Waals surface area contributed by atoms with Gasteiger partial charge in [0.2, 0.25) is 29.5 Å². The average Bonchev–Trinajstić information content (AvgIpc) is 3.25. The van der Waals surface area contributed by atoms with Crippen LogP contribution in [0.15, 0.2) is 4.42 Å². The first-order valence-electron chi connectivity index (χ1n) is 8.56. The number of piperidine rings is 1. The molecule has 2 saturated heterocycles. The molecule has 0 atom stereocenters. The summed E-state index contributed by atoms with van der Waals surface area (Å²) in [4.78, 5) is 38.3. The Morgan fingerprint density at radius 3 is 2.04 bits per heavy atom. The summed E-state index contributed by atoms with van der Waals surface area (Å²) in [6, 6.07) is 0. The molecular formula is C16H20N4O4. The molecule has 128 valence electrons. The number of rotatable bonds is 4. The van der Waals surface area contributed by atoms with Crippen LogP contribution in [0.1, 0.15) is 62.1 Å². The van der Waals surface area contributed by atoms with Gasteiger partial charge in [0.15, 0.2) is 0 Å². The van der Waals surface area contributed by atoms with Gasteiger partial charge in [0, 0.05) is 37.8 Å². The molecule has 0 radical (unpaired) electrons. The van der Waals surface area contributed by atoms with Crippen molar-refractivity contribution in [1.29, 1.82) is 0 Å². The van der Waals surface area contributed by atoms with Crippen LogP contribution < -0.4 is 0 Å². The lowest BCUT2D eigenvalue weighted by Gasteiger charge is -2.31. The monoisotopic (exact) mass is 332 g/mol. The molecular weight excluding hydrogens is 312 g/mol. The van der Waals surface area contributed by atoms with Crippen LogP contribution in [0, 0.1) is 0 Å². The lowest BCUT2D eigenvalue weighted by molar-refractivity contribution is -0.146. The van der Waals surface area contributed by atoms with Crippen molar-refractivity contribution in [1.82, 2.24) is 20.0 Å². The lowest BCUT2D eigenvalue weighted by Crippen LogP contribution is -2.45. The van der Waals surface area contributed by atoms with Gasteiger partial charge in [0.05, 0.1) is 0 Å². The van der Waals surface area contributed by atoms with Gasteiger partial charge >= 0.3 is 0 Å². The van der Waals surface area contributed by atoms with Crippen LogP contribution in [0.2, 0.25) is 0 Å². The Labute approximate surface area is 139 Å². The summed E-state index contributed by atoms with van der Waals surface area (Å²) in [6.45, 7) is 1.04. The minimum absolute atomic E-state index is 0.130. The molecule has 3 fully saturated rings. The Bertz CT molecular complexity index is 657. The molecule has 1 aliphatic carbocycles. The molecule has 0 bridgehead atoms. The van der Waals surface area contributed by atoms with Gasteiger partial charge in [-0.15, -0.1) is 10.2 Å². The second-order valence-electron chi connectivity index (χ2n) is 6.78. The van der Waals surface area contributed by atoms with Gasteiger partial charge in [0.25, 0.3) is 0 Å². The molecule has 8 nitrogen and oxygen atoms in total. The molecule has 3 aliphatic rings. The standard InChI is InChI=1S/C16H20N4O4/c21-12-3-4-13(22)20(12)9-14(23)19-7-5-11(6-8-19)16-18-17-15(24-16)10-1-2-10/h10-11H,1-9H2. The van der Waals surface area contributed by atoms with Crippen molar-refractivity contribution >= 4 is 17.7 Å². The predicted molar refractivity (Wildman–Crippen MR) is 80.8 cm³/mol. The zero-order valence-electron chi connectivity index (χ0n) is 13.4. The summed E-state index contributed by atoms with van der Waals surface area (Å²) >= 11 is 0. The van der Waals surface area contributed by atoms with Crippen LogP contribution in [-0.2, 0) is 14.4 Å². The van der Waals surface area contributed by atoms with Crippen molar-refractivity contribution in [2.75, 3.05) is 19.6 Å². The molecule has 3 heterocycles. The summed E-state index contributed by atoms with van der Waals surface area (Å²) in [5.41, 5.74) is 0. The third-order valence-electron chi connectivity index (χ3n) is 5.03. The smallest absolute Gasteiger partial charge is 0.242 e. The summed E-state index contributed by atoms with van der Waals surface area (Å²) in [5, 5.41) is 8.27. The van der Waals surface area contributed by atoms with Crippen LogP contribution >= 0.6 is 0 Å². The van der Waals surface area contributed by atoms with Crippen LogP contribution in [-0.4, -0.2) is 57.4 Å². The fourth-order valence-electron chi connectivity index (χ4n) is 3.32. The van der Waals surface area contributed by atoms with Crippen molar-refractivity contribution in [2.24, 2.45) is 0 Å². The van der Waals surface area contributed by atoms with Gasteiger partial charge in [-0.05, 0) is 25.7 Å². The number of hydrogen-bond donors (Lipinski definition) is 0. The van der Waals surface area contributed by atoms with E-state index in [0.717, 1.165) is 36.5 Å². The average molecular weight is 332 g/mol. The summed E-state index contributed by atoms with van der Waals surface area (Å²) in [6.07, 6.45) is 4.22. The van der Waals surface area contributed by atoms with Crippen molar-refractivity contribution < 1.29 is 18.8 Å². The third-order valence-corrected chi connectivity index (χ3v) is 5.03. The van der Waals surface area contributed by atoms with Crippen LogP contribution in [0.5, 0.6) is 0 Å². The van der Waals surface area contributed by atoms with E-state index in [2.05, 4.69) is 10.2 Å². The highest BCUT2D eigenvalue weighted by atomic mass is 16.4. The molecule has 8 heteroatoms. The summed E-state index contributed by atoms with van der Waals surface area (Å²) < 4.78 is 5.76. The molecule has 0 unspecified atom stereocenters. The van der Waals surface area contributed by atoms with Gasteiger partial charge in [-0.25, -0.2) is 0 Å². The van der Waals surface area contributed by atoms with E-state index in [-0.39, 0.29) is 43.0 Å². The van der Waals surface area contributed by atoms with E-state index in [9.17, 15) is 14.4 Å². The van der Waals surface area contributed by atoms with Crippen molar-refractivity contribution in [3.63, 3.8) is 0 Å². The minimum atomic E-state index is -0.248. The van der Waals surface area contributed by atoms with Crippen molar-refractivity contribution in [3.05, 3.63) is 11.8 Å². The highest BCUT2D eigenvalue weighted by Crippen LogP contribution is 2.40. The Kier molecular flexibility index (Phi) is 3.82. The molecule has 1 saturated carbocycles. The SMILES string of the molecule is O=C(CN1C(=O)CCC1=O)N1CCC(c2nnc(C3CC3)o2)CC1. The molecule has 2 aliphatic heterocycles. The van der Waals surface area contributed by atoms with E-state index in [0.29, 0.717) is 24.9 Å². The molecule has 3 amide bonds. The number of imide groups is 1. The predicted octanol–water partition coefficient (Wildman–Crippen LogP) is 0.802. The van der Waals surface area contributed by atoms with Gasteiger partial charge in [-0.2, -0.15) is 0 Å². The topological polar surface area (TPSA) is 96.6 Å². The summed E-state index contributed by atoms with van der Waals surface area (Å²) in [5.74, 6) is 1.39. The number of likely N-dealkylation sites (tertiary alicyclic amines) is 2. The molecule has 24 heavy (non-hydrogen) atoms. The zero-order chi connectivity index (χ0) is 16.7. The normalized spacial score (nSPS) is 22.5. The number of aromatic nitrogens is 2. The molecule has 0 N–H and O–H groups in total. The fraction of sp³-hybridized carbons (Fsp3) is 0.688. The second-order valence-corrected chi connectivity index (χ2v) is 6.78. The molecule has 0 aromatic carbocycles. The van der Waals surface area contributed by atoms with Crippen LogP contribution in [0.4, 0.5) is 0 Å². The first-order chi connectivity index (χ1) is 11.6. The van der Waals surface area contributed by atoms with Crippen LogP contribution in [0.25, 0.3) is 0 Å². The number of hydrogen-bond acceptors (Lipinski definition) is 6. The van der Waals surface area contributed by atoms with Gasteiger partial charge in [-0.1, -0.05) is 0 Å². The minimum Gasteiger partial charge on any atom is -0.425 e. The Morgan fingerprint density at radius 1 is 0.958 bits per heavy atom. The van der Waals surface area contributed by atoms with Crippen molar-refractivity contribution in [2.45, 2.75) is 50.4 Å². The Balaban J connectivity index is 1.31. The maximum absolute atomic E-state index is 12.3. The number of nitrogens with zero attached hydrogens (tertiary/aromatic N) is 4. The second kappa shape index (κ2) is 5.99. The maximum atomic E-state index is 12.3. The third kappa shape index (κ3) is 2.92. The van der Waals surface area contributed by atoms with Gasteiger partial charge in [-0.3, -0.25) is 19.3 Å². The Morgan fingerprint density at radius 2 is 1.50 bits per heavy atom. The van der Waals surface area contributed by atoms with E-state index in [1.807, 2.05) is 0 Å². The van der Waals surface area contributed by atoms with E-state index in [1.54, 1.807) is 4.90 Å². The highest BCUT2D eigenvalue weighted by molar-refractivity contribution is 6.04. The van der Waals surface area contributed by atoms with Gasteiger partial charge in [0.1, 0.15) is 6.54 Å². The quantitative estimate of drug-likeness (QED) is 0.757. The molecule has 1 aromatic rings. The number of carbonyl (C=O) groups excluding carboxylic acids is 3. The zero-order valence-corrected chi connectivity index (χ0v) is 13.4. The molecule has 1 aromatic heterocycles. The van der Waals surface area contributed by atoms with Crippen molar-refractivity contribution in [3.8, 4) is 0 Å². The number of carbonyl (C=O) groups is 3. The molecule has 0 spiro atoms. The van der Waals surface area contributed by atoms with E-state index < -0.39 is 0 Å². The largest absolute Gasteiger partial charge is 0.425 e. The summed E-state index contributed by atoms with van der Waals surface area (Å²) in [7, 11) is 0. The fourth-order valence-corrected chi connectivity index (χ4v) is 3.32. The van der Waals surface area contributed by atoms with Gasteiger partial charge < -0.3 is 9.32 Å². The lowest BCUT2D eigenvalue weighted by atomic mass is 9.97. The van der Waals surface area contributed by atoms with E-state index in [1.165, 1.54) is 0 Å². The highest BCUT2D eigenvalue weighted by Gasteiger charge is 2.34. The Hall–Kier alpha value is -2.25. The van der Waals surface area contributed by atoms with Crippen LogP contribution in [0.3, 0.4) is 0 Å². The van der Waals surface area contributed by atoms with E-state index in [4.69, 9.17) is 4.42 Å². The maximum Gasteiger partial charge on any atom is 0.242 e. The first-order valence-corrected chi connectivity index (χ1v) is 8.56. The molecule has 4 rings (SSSR count). The first kappa shape index (κ1) is 15.3.